The number of rotatable bonds is 5. The van der Waals surface area contributed by atoms with E-state index >= 15 is 0 Å². The molecular formula is C12H11ClF2O4. The number of benzene rings is 1. The lowest BCUT2D eigenvalue weighted by molar-refractivity contribution is -0.148. The first-order chi connectivity index (χ1) is 8.95. The number of carboxylic acid groups (broad SMARTS) is 1. The summed E-state index contributed by atoms with van der Waals surface area (Å²) in [6, 6.07) is 4.07. The molecule has 4 nitrogen and oxygen atoms in total. The topological polar surface area (TPSA) is 55.8 Å². The van der Waals surface area contributed by atoms with E-state index in [4.69, 9.17) is 21.4 Å². The van der Waals surface area contributed by atoms with Crippen LogP contribution in [0, 0.1) is 5.92 Å². The molecule has 0 heterocycles. The smallest absolute Gasteiger partial charge is 0.387 e. The van der Waals surface area contributed by atoms with Crippen LogP contribution in [0.2, 0.25) is 5.02 Å². The van der Waals surface area contributed by atoms with Crippen LogP contribution in [-0.2, 0) is 4.79 Å². The molecule has 2 rings (SSSR count). The molecule has 0 atom stereocenters. The molecule has 0 unspecified atom stereocenters. The summed E-state index contributed by atoms with van der Waals surface area (Å²) in [6.07, 6.45) is 0.367. The average molecular weight is 293 g/mol. The average Bonchev–Trinajstić information content (AvgIpc) is 2.25. The maximum atomic E-state index is 12.2. The predicted octanol–water partition coefficient (Wildman–Crippen LogP) is 3.18. The first-order valence-corrected chi connectivity index (χ1v) is 5.97. The summed E-state index contributed by atoms with van der Waals surface area (Å²) in [7, 11) is 0. The zero-order valence-electron chi connectivity index (χ0n) is 9.68. The minimum Gasteiger partial charge on any atom is -0.486 e. The molecule has 1 fully saturated rings. The van der Waals surface area contributed by atoms with Crippen LogP contribution in [0.3, 0.4) is 0 Å². The minimum absolute atomic E-state index is 0.0987. The van der Waals surface area contributed by atoms with Crippen LogP contribution < -0.4 is 9.47 Å². The van der Waals surface area contributed by atoms with E-state index in [1.165, 1.54) is 18.2 Å². The zero-order chi connectivity index (χ0) is 14.0. The van der Waals surface area contributed by atoms with Gasteiger partial charge in [0.25, 0.3) is 0 Å². The van der Waals surface area contributed by atoms with E-state index in [0.717, 1.165) is 0 Å². The fourth-order valence-corrected chi connectivity index (χ4v) is 1.97. The van der Waals surface area contributed by atoms with Gasteiger partial charge in [0.1, 0.15) is 6.10 Å². The number of hydrogen-bond donors (Lipinski definition) is 1. The Morgan fingerprint density at radius 2 is 2.05 bits per heavy atom. The molecule has 7 heteroatoms. The maximum absolute atomic E-state index is 12.2. The van der Waals surface area contributed by atoms with Gasteiger partial charge in [-0.3, -0.25) is 4.79 Å². The lowest BCUT2D eigenvalue weighted by atomic mass is 9.82. The Balaban J connectivity index is 2.03. The molecule has 1 N–H and O–H groups in total. The van der Waals surface area contributed by atoms with Crippen LogP contribution in [0.1, 0.15) is 12.8 Å². The number of hydrogen-bond acceptors (Lipinski definition) is 3. The Labute approximate surface area is 112 Å². The van der Waals surface area contributed by atoms with Gasteiger partial charge in [0.2, 0.25) is 0 Å². The van der Waals surface area contributed by atoms with Gasteiger partial charge in [-0.2, -0.15) is 8.78 Å². The predicted molar refractivity (Wildman–Crippen MR) is 62.9 cm³/mol. The summed E-state index contributed by atoms with van der Waals surface area (Å²) in [6.45, 7) is -2.96. The molecule has 104 valence electrons. The normalized spacial score (nSPS) is 21.9. The molecule has 1 saturated carbocycles. The summed E-state index contributed by atoms with van der Waals surface area (Å²) in [5, 5.41) is 9.06. The van der Waals surface area contributed by atoms with Crippen molar-refractivity contribution in [2.75, 3.05) is 0 Å². The second-order valence-corrected chi connectivity index (χ2v) is 4.65. The number of carbonyl (C=O) groups is 1. The standard InChI is InChI=1S/C12H11ClF2O4/c13-7-1-2-9(19-12(14)15)10(5-7)18-8-3-6(4-8)11(16)17/h1-2,5-6,8,12H,3-4H2,(H,16,17)/t6-,8-. The molecule has 19 heavy (non-hydrogen) atoms. The fraction of sp³-hybridized carbons (Fsp3) is 0.417. The molecule has 1 aliphatic carbocycles. The summed E-state index contributed by atoms with van der Waals surface area (Å²) in [5.74, 6) is -1.33. The van der Waals surface area contributed by atoms with E-state index in [-0.39, 0.29) is 17.6 Å². The van der Waals surface area contributed by atoms with Gasteiger partial charge in [-0.05, 0) is 25.0 Å². The van der Waals surface area contributed by atoms with Crippen molar-refractivity contribution in [2.45, 2.75) is 25.6 Å². The van der Waals surface area contributed by atoms with Crippen LogP contribution in [-0.4, -0.2) is 23.8 Å². The Kier molecular flexibility index (Phi) is 4.09. The maximum Gasteiger partial charge on any atom is 0.387 e. The fourth-order valence-electron chi connectivity index (χ4n) is 1.81. The highest BCUT2D eigenvalue weighted by Crippen LogP contribution is 2.37. The van der Waals surface area contributed by atoms with E-state index in [2.05, 4.69) is 4.74 Å². The number of carboxylic acids is 1. The zero-order valence-corrected chi connectivity index (χ0v) is 10.4. The van der Waals surface area contributed by atoms with Gasteiger partial charge in [0.15, 0.2) is 11.5 Å². The lowest BCUT2D eigenvalue weighted by Crippen LogP contribution is -2.38. The summed E-state index contributed by atoms with van der Waals surface area (Å²) >= 11 is 5.76. The van der Waals surface area contributed by atoms with Gasteiger partial charge < -0.3 is 14.6 Å². The van der Waals surface area contributed by atoms with Crippen molar-refractivity contribution in [3.8, 4) is 11.5 Å². The highest BCUT2D eigenvalue weighted by molar-refractivity contribution is 6.30. The van der Waals surface area contributed by atoms with Crippen LogP contribution in [0.5, 0.6) is 11.5 Å². The molecule has 0 amide bonds. The monoisotopic (exact) mass is 292 g/mol. The Morgan fingerprint density at radius 1 is 1.37 bits per heavy atom. The quantitative estimate of drug-likeness (QED) is 0.905. The molecule has 0 spiro atoms. The Morgan fingerprint density at radius 3 is 2.63 bits per heavy atom. The Bertz CT molecular complexity index is 475. The van der Waals surface area contributed by atoms with Gasteiger partial charge in [0, 0.05) is 11.1 Å². The molecule has 0 radical (unpaired) electrons. The van der Waals surface area contributed by atoms with Crippen LogP contribution >= 0.6 is 11.6 Å². The highest BCUT2D eigenvalue weighted by atomic mass is 35.5. The second-order valence-electron chi connectivity index (χ2n) is 4.22. The number of aliphatic carboxylic acids is 1. The summed E-state index contributed by atoms with van der Waals surface area (Å²) < 4.78 is 34.2. The molecule has 0 saturated heterocycles. The lowest BCUT2D eigenvalue weighted by Gasteiger charge is -2.32. The minimum atomic E-state index is -2.96. The number of halogens is 3. The van der Waals surface area contributed by atoms with E-state index in [0.29, 0.717) is 17.9 Å². The van der Waals surface area contributed by atoms with E-state index in [1.807, 2.05) is 0 Å². The van der Waals surface area contributed by atoms with Crippen LogP contribution in [0.15, 0.2) is 18.2 Å². The number of alkyl halides is 2. The van der Waals surface area contributed by atoms with Gasteiger partial charge in [-0.25, -0.2) is 0 Å². The molecule has 1 aromatic rings. The third kappa shape index (κ3) is 3.47. The first-order valence-electron chi connectivity index (χ1n) is 5.59. The van der Waals surface area contributed by atoms with Crippen molar-refractivity contribution >= 4 is 17.6 Å². The van der Waals surface area contributed by atoms with Crippen molar-refractivity contribution in [3.05, 3.63) is 23.2 Å². The van der Waals surface area contributed by atoms with Gasteiger partial charge in [-0.15, -0.1) is 0 Å². The summed E-state index contributed by atoms with van der Waals surface area (Å²) in [5.41, 5.74) is 0. The van der Waals surface area contributed by atoms with Gasteiger partial charge >= 0.3 is 12.6 Å². The van der Waals surface area contributed by atoms with Crippen molar-refractivity contribution in [1.29, 1.82) is 0 Å². The molecule has 1 aromatic carbocycles. The van der Waals surface area contributed by atoms with Crippen molar-refractivity contribution < 1.29 is 28.2 Å². The summed E-state index contributed by atoms with van der Waals surface area (Å²) in [4.78, 5) is 10.6. The van der Waals surface area contributed by atoms with Crippen molar-refractivity contribution in [2.24, 2.45) is 5.92 Å². The van der Waals surface area contributed by atoms with Crippen molar-refractivity contribution in [1.82, 2.24) is 0 Å². The van der Waals surface area contributed by atoms with Gasteiger partial charge in [0.05, 0.1) is 5.92 Å². The highest BCUT2D eigenvalue weighted by Gasteiger charge is 2.36. The van der Waals surface area contributed by atoms with E-state index in [9.17, 15) is 13.6 Å². The third-order valence-electron chi connectivity index (χ3n) is 2.86. The van der Waals surface area contributed by atoms with E-state index < -0.39 is 18.5 Å². The molecule has 0 aromatic heterocycles. The molecule has 0 aliphatic heterocycles. The first kappa shape index (κ1) is 13.9. The molecular weight excluding hydrogens is 282 g/mol. The molecule has 0 bridgehead atoms. The molecule has 1 aliphatic rings. The van der Waals surface area contributed by atoms with Crippen molar-refractivity contribution in [3.63, 3.8) is 0 Å². The Hall–Kier alpha value is -1.56. The largest absolute Gasteiger partial charge is 0.486 e. The third-order valence-corrected chi connectivity index (χ3v) is 3.09. The SMILES string of the molecule is O=C(O)[C@H]1C[C@H](Oc2cc(Cl)ccc2OC(F)F)C1. The second kappa shape index (κ2) is 5.61. The van der Waals surface area contributed by atoms with Gasteiger partial charge in [-0.1, -0.05) is 11.6 Å². The van der Waals surface area contributed by atoms with Crippen LogP contribution in [0.25, 0.3) is 0 Å². The number of ether oxygens (including phenoxy) is 2. The van der Waals surface area contributed by atoms with Crippen LogP contribution in [0.4, 0.5) is 8.78 Å². The van der Waals surface area contributed by atoms with E-state index in [1.54, 1.807) is 0 Å².